The van der Waals surface area contributed by atoms with Gasteiger partial charge in [-0.05, 0) is 65.8 Å². The van der Waals surface area contributed by atoms with Crippen molar-refractivity contribution in [1.82, 2.24) is 5.32 Å². The minimum atomic E-state index is 0.593. The van der Waals surface area contributed by atoms with Gasteiger partial charge >= 0.3 is 0 Å². The zero-order chi connectivity index (χ0) is 12.8. The number of aryl methyl sites for hydroxylation is 1. The first-order valence-electron chi connectivity index (χ1n) is 7.20. The summed E-state index contributed by atoms with van der Waals surface area (Å²) in [6, 6.07) is 11.6. The van der Waals surface area contributed by atoms with Gasteiger partial charge in [0.1, 0.15) is 5.75 Å². The summed E-state index contributed by atoms with van der Waals surface area (Å²) in [6.45, 7) is 1.18. The van der Waals surface area contributed by atoms with Crippen molar-refractivity contribution in [3.63, 3.8) is 0 Å². The van der Waals surface area contributed by atoms with Crippen molar-refractivity contribution in [2.24, 2.45) is 5.92 Å². The average Bonchev–Trinajstić information content (AvgIpc) is 2.94. The Bertz CT molecular complexity index is 634. The van der Waals surface area contributed by atoms with Crippen molar-refractivity contribution in [3.8, 4) is 5.75 Å². The van der Waals surface area contributed by atoms with Gasteiger partial charge in [0.25, 0.3) is 0 Å². The first-order valence-corrected chi connectivity index (χ1v) is 7.20. The van der Waals surface area contributed by atoms with Gasteiger partial charge in [-0.25, -0.2) is 0 Å². The zero-order valence-electron chi connectivity index (χ0n) is 11.3. The topological polar surface area (TPSA) is 21.3 Å². The smallest absolute Gasteiger partial charge is 0.119 e. The lowest BCUT2D eigenvalue weighted by atomic mass is 9.79. The Hall–Kier alpha value is -1.54. The van der Waals surface area contributed by atoms with E-state index in [4.69, 9.17) is 4.74 Å². The highest BCUT2D eigenvalue weighted by atomic mass is 16.5. The van der Waals surface area contributed by atoms with E-state index in [0.29, 0.717) is 6.04 Å². The van der Waals surface area contributed by atoms with Crippen molar-refractivity contribution in [2.75, 3.05) is 13.7 Å². The van der Waals surface area contributed by atoms with E-state index in [1.54, 1.807) is 12.7 Å². The predicted molar refractivity (Wildman–Crippen MR) is 77.7 cm³/mol. The van der Waals surface area contributed by atoms with Crippen LogP contribution in [0.4, 0.5) is 0 Å². The molecule has 0 aromatic heterocycles. The van der Waals surface area contributed by atoms with Crippen molar-refractivity contribution in [3.05, 3.63) is 41.5 Å². The highest BCUT2D eigenvalue weighted by Crippen LogP contribution is 2.42. The lowest BCUT2D eigenvalue weighted by Gasteiger charge is -2.29. The Balaban J connectivity index is 1.90. The molecule has 0 radical (unpaired) electrons. The number of hydrogen-bond acceptors (Lipinski definition) is 2. The lowest BCUT2D eigenvalue weighted by Crippen LogP contribution is -2.23. The molecular formula is C17H19NO. The van der Waals surface area contributed by atoms with Gasteiger partial charge in [0.15, 0.2) is 0 Å². The molecule has 0 saturated carbocycles. The number of methoxy groups -OCH3 is 1. The van der Waals surface area contributed by atoms with E-state index in [1.807, 2.05) is 0 Å². The van der Waals surface area contributed by atoms with Crippen LogP contribution in [0.3, 0.4) is 0 Å². The van der Waals surface area contributed by atoms with Gasteiger partial charge in [-0.3, -0.25) is 0 Å². The summed E-state index contributed by atoms with van der Waals surface area (Å²) in [4.78, 5) is 0. The molecule has 0 bridgehead atoms. The van der Waals surface area contributed by atoms with Crippen molar-refractivity contribution >= 4 is 10.8 Å². The van der Waals surface area contributed by atoms with Crippen LogP contribution < -0.4 is 10.1 Å². The molecule has 2 unspecified atom stereocenters. The van der Waals surface area contributed by atoms with Crippen LogP contribution in [0.5, 0.6) is 5.75 Å². The molecular weight excluding hydrogens is 234 g/mol. The number of rotatable bonds is 1. The van der Waals surface area contributed by atoms with Gasteiger partial charge in [-0.2, -0.15) is 0 Å². The molecule has 4 rings (SSSR count). The molecule has 98 valence electrons. The number of hydrogen-bond donors (Lipinski definition) is 1. The van der Waals surface area contributed by atoms with Gasteiger partial charge in [0, 0.05) is 6.04 Å². The molecule has 2 aliphatic rings. The van der Waals surface area contributed by atoms with Gasteiger partial charge in [-0.1, -0.05) is 18.2 Å². The first kappa shape index (κ1) is 11.3. The minimum absolute atomic E-state index is 0.593. The second kappa shape index (κ2) is 4.24. The zero-order valence-corrected chi connectivity index (χ0v) is 11.3. The van der Waals surface area contributed by atoms with E-state index < -0.39 is 0 Å². The second-order valence-corrected chi connectivity index (χ2v) is 5.74. The highest BCUT2D eigenvalue weighted by molar-refractivity contribution is 5.88. The SMILES string of the molecule is COc1ccc2c3c(ccc2c1)C1NCCC1CC3. The maximum atomic E-state index is 5.32. The molecule has 0 spiro atoms. The van der Waals surface area contributed by atoms with Crippen molar-refractivity contribution in [2.45, 2.75) is 25.3 Å². The van der Waals surface area contributed by atoms with Crippen LogP contribution in [0.1, 0.15) is 30.0 Å². The van der Waals surface area contributed by atoms with Crippen LogP contribution in [0, 0.1) is 5.92 Å². The summed E-state index contributed by atoms with van der Waals surface area (Å²) < 4.78 is 5.32. The largest absolute Gasteiger partial charge is 0.497 e. The molecule has 0 amide bonds. The quantitative estimate of drug-likeness (QED) is 0.840. The van der Waals surface area contributed by atoms with Crippen LogP contribution in [-0.2, 0) is 6.42 Å². The summed E-state index contributed by atoms with van der Waals surface area (Å²) in [5.74, 6) is 1.79. The molecule has 2 nitrogen and oxygen atoms in total. The highest BCUT2D eigenvalue weighted by Gasteiger charge is 2.33. The molecule has 1 N–H and O–H groups in total. The molecule has 1 heterocycles. The summed E-state index contributed by atoms with van der Waals surface area (Å²) in [5, 5.41) is 6.39. The van der Waals surface area contributed by atoms with E-state index in [9.17, 15) is 0 Å². The Morgan fingerprint density at radius 1 is 1.16 bits per heavy atom. The fraction of sp³-hybridized carbons (Fsp3) is 0.412. The van der Waals surface area contributed by atoms with E-state index in [-0.39, 0.29) is 0 Å². The van der Waals surface area contributed by atoms with Crippen LogP contribution in [0.2, 0.25) is 0 Å². The Labute approximate surface area is 113 Å². The van der Waals surface area contributed by atoms with Crippen LogP contribution >= 0.6 is 0 Å². The molecule has 1 aliphatic heterocycles. The fourth-order valence-corrected chi connectivity index (χ4v) is 3.85. The summed E-state index contributed by atoms with van der Waals surface area (Å²) in [5.41, 5.74) is 3.09. The van der Waals surface area contributed by atoms with E-state index in [0.717, 1.165) is 11.7 Å². The van der Waals surface area contributed by atoms with Gasteiger partial charge in [0.2, 0.25) is 0 Å². The molecule has 2 aromatic carbocycles. The van der Waals surface area contributed by atoms with Crippen LogP contribution in [0.15, 0.2) is 30.3 Å². The molecule has 2 heteroatoms. The summed E-state index contributed by atoms with van der Waals surface area (Å²) in [6.07, 6.45) is 3.89. The van der Waals surface area contributed by atoms with Gasteiger partial charge < -0.3 is 10.1 Å². The first-order chi connectivity index (χ1) is 9.36. The monoisotopic (exact) mass is 253 g/mol. The predicted octanol–water partition coefficient (Wildman–Crippen LogP) is 3.45. The van der Waals surface area contributed by atoms with Crippen molar-refractivity contribution < 1.29 is 4.74 Å². The maximum absolute atomic E-state index is 5.32. The van der Waals surface area contributed by atoms with Crippen molar-refractivity contribution in [1.29, 1.82) is 0 Å². The maximum Gasteiger partial charge on any atom is 0.119 e. The lowest BCUT2D eigenvalue weighted by molar-refractivity contribution is 0.407. The van der Waals surface area contributed by atoms with E-state index >= 15 is 0 Å². The number of ether oxygens (including phenoxy) is 1. The fourth-order valence-electron chi connectivity index (χ4n) is 3.85. The van der Waals surface area contributed by atoms with Gasteiger partial charge in [-0.15, -0.1) is 0 Å². The standard InChI is InChI=1S/C17H19NO/c1-19-13-4-7-14-12(10-13)3-6-16-15(14)5-2-11-8-9-18-17(11)16/h3-4,6-7,10-11,17-18H,2,5,8-9H2,1H3. The second-order valence-electron chi connectivity index (χ2n) is 5.74. The minimum Gasteiger partial charge on any atom is -0.497 e. The molecule has 2 aromatic rings. The number of fused-ring (bicyclic) bond motifs is 5. The normalized spacial score (nSPS) is 25.1. The molecule has 2 atom stereocenters. The van der Waals surface area contributed by atoms with Crippen LogP contribution in [-0.4, -0.2) is 13.7 Å². The number of nitrogens with one attached hydrogen (secondary N) is 1. The van der Waals surface area contributed by atoms with E-state index in [2.05, 4.69) is 35.6 Å². The number of benzene rings is 2. The van der Waals surface area contributed by atoms with Gasteiger partial charge in [0.05, 0.1) is 7.11 Å². The van der Waals surface area contributed by atoms with E-state index in [1.165, 1.54) is 42.1 Å². The Morgan fingerprint density at radius 3 is 3.00 bits per heavy atom. The summed E-state index contributed by atoms with van der Waals surface area (Å²) in [7, 11) is 1.73. The average molecular weight is 253 g/mol. The Kier molecular flexibility index (Phi) is 2.52. The molecule has 1 saturated heterocycles. The summed E-state index contributed by atoms with van der Waals surface area (Å²) >= 11 is 0. The Morgan fingerprint density at radius 2 is 2.11 bits per heavy atom. The van der Waals surface area contributed by atoms with Crippen LogP contribution in [0.25, 0.3) is 10.8 Å². The third-order valence-corrected chi connectivity index (χ3v) is 4.83. The molecule has 1 fully saturated rings. The third kappa shape index (κ3) is 1.67. The third-order valence-electron chi connectivity index (χ3n) is 4.83. The molecule has 1 aliphatic carbocycles. The molecule has 19 heavy (non-hydrogen) atoms.